The van der Waals surface area contributed by atoms with E-state index < -0.39 is 0 Å². The lowest BCUT2D eigenvalue weighted by Crippen LogP contribution is -2.13. The Hall–Kier alpha value is -8.14. The summed E-state index contributed by atoms with van der Waals surface area (Å²) in [6.07, 6.45) is 19.2. The van der Waals surface area contributed by atoms with Crippen LogP contribution >= 0.6 is 0 Å². The minimum absolute atomic E-state index is 0.310. The first-order chi connectivity index (χ1) is 32.2. The van der Waals surface area contributed by atoms with Crippen LogP contribution in [-0.4, -0.2) is 4.57 Å². The topological polar surface area (TPSA) is 11.4 Å². The van der Waals surface area contributed by atoms with Crippen LogP contribution in [-0.2, 0) is 6.42 Å². The van der Waals surface area contributed by atoms with Gasteiger partial charge in [-0.05, 0) is 143 Å². The molecule has 310 valence electrons. The van der Waals surface area contributed by atoms with Crippen molar-refractivity contribution in [2.45, 2.75) is 25.3 Å². The number of rotatable bonds is 9. The third-order valence-corrected chi connectivity index (χ3v) is 13.3. The number of nitrogens with zero attached hydrogens (tertiary/aromatic N) is 3. The lowest BCUT2D eigenvalue weighted by Gasteiger charge is -2.27. The molecule has 0 amide bonds. The van der Waals surface area contributed by atoms with E-state index >= 15 is 0 Å². The standard InChI is InChI=1S/C62H47N3/c1-5-17-44(18-6-1)41-59-55-26-14-13-25-54(55)56-39-37-52(42-60(56)59)63(47-19-7-2-8-20-47)50-33-29-45(30-34-50)46-31-35-51(36-32-46)64(48-21-9-3-10-22-48)53-38-40-58-57-27-15-16-28-61(57)65(62(58)43-53)49-23-11-4-12-24-49/h1-15,17-23,25-27,29-43,49H,16,24,28H2/b59-41-. The molecule has 0 aliphatic heterocycles. The van der Waals surface area contributed by atoms with Crippen molar-refractivity contribution in [3.05, 3.63) is 259 Å². The molecule has 1 unspecified atom stereocenters. The number of allylic oxidation sites excluding steroid dienone is 5. The highest BCUT2D eigenvalue weighted by molar-refractivity contribution is 6.07. The first kappa shape index (κ1) is 38.5. The second-order valence-electron chi connectivity index (χ2n) is 17.2. The van der Waals surface area contributed by atoms with Crippen molar-refractivity contribution < 1.29 is 0 Å². The molecule has 3 aliphatic rings. The number of hydrogen-bond donors (Lipinski definition) is 0. The highest BCUT2D eigenvalue weighted by Crippen LogP contribution is 2.48. The molecule has 1 atom stereocenters. The van der Waals surface area contributed by atoms with Crippen LogP contribution in [0, 0.1) is 0 Å². The summed E-state index contributed by atoms with van der Waals surface area (Å²) in [5, 5.41) is 1.33. The van der Waals surface area contributed by atoms with Crippen LogP contribution in [0.5, 0.6) is 0 Å². The zero-order chi connectivity index (χ0) is 43.1. The van der Waals surface area contributed by atoms with Crippen molar-refractivity contribution in [3.63, 3.8) is 0 Å². The summed E-state index contributed by atoms with van der Waals surface area (Å²) in [5.74, 6) is 0. The fourth-order valence-corrected chi connectivity index (χ4v) is 10.3. The third kappa shape index (κ3) is 7.03. The molecule has 65 heavy (non-hydrogen) atoms. The molecule has 12 rings (SSSR count). The first-order valence-electron chi connectivity index (χ1n) is 22.8. The third-order valence-electron chi connectivity index (χ3n) is 13.3. The van der Waals surface area contributed by atoms with E-state index in [2.05, 4.69) is 257 Å². The molecule has 0 bridgehead atoms. The highest BCUT2D eigenvalue weighted by atomic mass is 15.1. The minimum Gasteiger partial charge on any atom is -0.337 e. The summed E-state index contributed by atoms with van der Waals surface area (Å²) < 4.78 is 2.61. The molecule has 0 saturated heterocycles. The zero-order valence-electron chi connectivity index (χ0n) is 36.1. The average Bonchev–Trinajstić information content (AvgIpc) is 3.87. The van der Waals surface area contributed by atoms with Crippen LogP contribution in [0.2, 0.25) is 0 Å². The van der Waals surface area contributed by atoms with E-state index in [0.717, 1.165) is 53.4 Å². The van der Waals surface area contributed by atoms with Gasteiger partial charge in [-0.2, -0.15) is 0 Å². The normalized spacial score (nSPS) is 15.2. The minimum atomic E-state index is 0.310. The van der Waals surface area contributed by atoms with E-state index in [1.807, 2.05) is 0 Å². The van der Waals surface area contributed by atoms with Gasteiger partial charge >= 0.3 is 0 Å². The van der Waals surface area contributed by atoms with Crippen molar-refractivity contribution in [2.75, 3.05) is 9.80 Å². The van der Waals surface area contributed by atoms with Crippen molar-refractivity contribution in [1.29, 1.82) is 0 Å². The van der Waals surface area contributed by atoms with Gasteiger partial charge in [-0.15, -0.1) is 0 Å². The van der Waals surface area contributed by atoms with E-state index in [9.17, 15) is 0 Å². The summed E-state index contributed by atoms with van der Waals surface area (Å²) in [6, 6.07) is 73.3. The summed E-state index contributed by atoms with van der Waals surface area (Å²) in [6.45, 7) is 0. The van der Waals surface area contributed by atoms with Crippen LogP contribution in [0.1, 0.15) is 46.8 Å². The van der Waals surface area contributed by atoms with Crippen LogP contribution in [0.3, 0.4) is 0 Å². The van der Waals surface area contributed by atoms with Crippen LogP contribution < -0.4 is 9.80 Å². The maximum absolute atomic E-state index is 2.61. The second kappa shape index (κ2) is 16.5. The first-order valence-corrected chi connectivity index (χ1v) is 22.8. The van der Waals surface area contributed by atoms with Gasteiger partial charge in [0.2, 0.25) is 0 Å². The molecule has 0 spiro atoms. The number of fused-ring (bicyclic) bond motifs is 6. The quantitative estimate of drug-likeness (QED) is 0.144. The molecular weight excluding hydrogens is 787 g/mol. The van der Waals surface area contributed by atoms with Crippen molar-refractivity contribution in [3.8, 4) is 22.3 Å². The molecule has 0 fully saturated rings. The number of aromatic nitrogens is 1. The van der Waals surface area contributed by atoms with Gasteiger partial charge in [0.15, 0.2) is 0 Å². The van der Waals surface area contributed by atoms with Crippen molar-refractivity contribution in [1.82, 2.24) is 4.57 Å². The largest absolute Gasteiger partial charge is 0.337 e. The van der Waals surface area contributed by atoms with Gasteiger partial charge in [-0.3, -0.25) is 0 Å². The maximum Gasteiger partial charge on any atom is 0.0557 e. The van der Waals surface area contributed by atoms with Crippen LogP contribution in [0.25, 0.3) is 50.9 Å². The molecule has 8 aromatic carbocycles. The lowest BCUT2D eigenvalue weighted by atomic mass is 10.00. The summed E-state index contributed by atoms with van der Waals surface area (Å²) in [5.41, 5.74) is 20.7. The van der Waals surface area contributed by atoms with Gasteiger partial charge in [0, 0.05) is 50.8 Å². The molecule has 0 N–H and O–H groups in total. The van der Waals surface area contributed by atoms with Gasteiger partial charge in [0.05, 0.1) is 11.6 Å². The molecular formula is C62H47N3. The zero-order valence-corrected chi connectivity index (χ0v) is 36.1. The van der Waals surface area contributed by atoms with Crippen molar-refractivity contribution >= 4 is 62.8 Å². The van der Waals surface area contributed by atoms with Crippen molar-refractivity contribution in [2.24, 2.45) is 0 Å². The molecule has 9 aromatic rings. The predicted molar refractivity (Wildman–Crippen MR) is 275 cm³/mol. The predicted octanol–water partition coefficient (Wildman–Crippen LogP) is 16.8. The summed E-state index contributed by atoms with van der Waals surface area (Å²) >= 11 is 0. The van der Waals surface area contributed by atoms with E-state index in [1.165, 1.54) is 66.7 Å². The fraction of sp³-hybridized carbons (Fsp3) is 0.0645. The smallest absolute Gasteiger partial charge is 0.0557 e. The summed E-state index contributed by atoms with van der Waals surface area (Å²) in [4.78, 5) is 4.76. The van der Waals surface area contributed by atoms with Gasteiger partial charge in [0.25, 0.3) is 0 Å². The second-order valence-corrected chi connectivity index (χ2v) is 17.2. The Kier molecular flexibility index (Phi) is 9.80. The lowest BCUT2D eigenvalue weighted by molar-refractivity contribution is 0.599. The molecule has 0 saturated carbocycles. The Balaban J connectivity index is 0.889. The molecule has 1 heterocycles. The Bertz CT molecular complexity index is 3320. The number of hydrogen-bond acceptors (Lipinski definition) is 2. The molecule has 3 heteroatoms. The maximum atomic E-state index is 2.61. The van der Waals surface area contributed by atoms with Gasteiger partial charge < -0.3 is 14.4 Å². The Morgan fingerprint density at radius 2 is 1.02 bits per heavy atom. The number of benzene rings is 8. The molecule has 0 radical (unpaired) electrons. The van der Waals surface area contributed by atoms with E-state index in [4.69, 9.17) is 0 Å². The van der Waals surface area contributed by atoms with Crippen LogP contribution in [0.15, 0.2) is 231 Å². The SMILES string of the molecule is C1=CCC(n2c3c(c4ccc(N(c5ccccc5)c5ccc(-c6ccc(N(c7ccccc7)c7ccc8c(c7)/C(=C\c7ccccc7)c7ccccc7-8)cc6)cc5)cc42)C=CCC3)C=C1. The Labute approximate surface area is 381 Å². The Morgan fingerprint density at radius 3 is 1.66 bits per heavy atom. The van der Waals surface area contributed by atoms with E-state index in [1.54, 1.807) is 0 Å². The fourth-order valence-electron chi connectivity index (χ4n) is 10.3. The van der Waals surface area contributed by atoms with Gasteiger partial charge in [0.1, 0.15) is 0 Å². The average molecular weight is 834 g/mol. The van der Waals surface area contributed by atoms with E-state index in [-0.39, 0.29) is 0 Å². The van der Waals surface area contributed by atoms with Gasteiger partial charge in [-0.1, -0.05) is 164 Å². The molecule has 3 nitrogen and oxygen atoms in total. The number of anilines is 6. The summed E-state index contributed by atoms with van der Waals surface area (Å²) in [7, 11) is 0. The van der Waals surface area contributed by atoms with Gasteiger partial charge in [-0.25, -0.2) is 0 Å². The number of para-hydroxylation sites is 2. The monoisotopic (exact) mass is 833 g/mol. The molecule has 1 aromatic heterocycles. The molecule has 3 aliphatic carbocycles. The Morgan fingerprint density at radius 1 is 0.462 bits per heavy atom. The highest BCUT2D eigenvalue weighted by Gasteiger charge is 2.26. The van der Waals surface area contributed by atoms with Crippen LogP contribution in [0.4, 0.5) is 34.1 Å². The van der Waals surface area contributed by atoms with E-state index in [0.29, 0.717) is 6.04 Å².